The van der Waals surface area contributed by atoms with E-state index in [0.29, 0.717) is 12.5 Å². The molecule has 0 aliphatic heterocycles. The summed E-state index contributed by atoms with van der Waals surface area (Å²) in [6.45, 7) is 6.71. The van der Waals surface area contributed by atoms with Crippen LogP contribution in [0.15, 0.2) is 29.3 Å². The largest absolute Gasteiger partial charge is 0.352 e. The second kappa shape index (κ2) is 8.03. The van der Waals surface area contributed by atoms with Gasteiger partial charge in [0.05, 0.1) is 4.92 Å². The molecule has 0 fully saturated rings. The molecule has 0 amide bonds. The maximum Gasteiger partial charge on any atom is 0.269 e. The average molecular weight is 392 g/mol. The predicted molar refractivity (Wildman–Crippen MR) is 91.6 cm³/mol. The number of nitrogens with zero attached hydrogens (tertiary/aromatic N) is 2. The zero-order valence-electron chi connectivity index (χ0n) is 12.1. The minimum absolute atomic E-state index is 0. The van der Waals surface area contributed by atoms with Crippen LogP contribution >= 0.6 is 24.0 Å². The van der Waals surface area contributed by atoms with Crippen LogP contribution in [0.3, 0.4) is 0 Å². The summed E-state index contributed by atoms with van der Waals surface area (Å²) in [5, 5.41) is 16.9. The summed E-state index contributed by atoms with van der Waals surface area (Å²) in [5.74, 6) is 0.700. The van der Waals surface area contributed by atoms with Crippen molar-refractivity contribution in [2.75, 3.05) is 7.05 Å². The molecular weight excluding hydrogens is 371 g/mol. The zero-order chi connectivity index (χ0) is 14.5. The highest BCUT2D eigenvalue weighted by molar-refractivity contribution is 14.0. The van der Waals surface area contributed by atoms with Crippen LogP contribution in [0, 0.1) is 10.1 Å². The third kappa shape index (κ3) is 6.69. The molecule has 1 rings (SSSR count). The average Bonchev–Trinajstić information content (AvgIpc) is 2.33. The van der Waals surface area contributed by atoms with Crippen LogP contribution < -0.4 is 10.6 Å². The molecule has 1 aromatic carbocycles. The van der Waals surface area contributed by atoms with Crippen LogP contribution in [0.1, 0.15) is 26.3 Å². The van der Waals surface area contributed by atoms with Gasteiger partial charge in [-0.1, -0.05) is 12.1 Å². The van der Waals surface area contributed by atoms with E-state index in [2.05, 4.69) is 15.6 Å². The number of nitro groups is 1. The number of hydrogen-bond donors (Lipinski definition) is 2. The van der Waals surface area contributed by atoms with Gasteiger partial charge in [-0.25, -0.2) is 0 Å². The summed E-state index contributed by atoms with van der Waals surface area (Å²) < 4.78 is 0. The van der Waals surface area contributed by atoms with E-state index in [0.717, 1.165) is 5.56 Å². The number of non-ortho nitro benzene ring substituents is 1. The lowest BCUT2D eigenvalue weighted by molar-refractivity contribution is -0.384. The fraction of sp³-hybridized carbons (Fsp3) is 0.462. The first-order chi connectivity index (χ1) is 8.81. The Balaban J connectivity index is 0.00000361. The Hall–Kier alpha value is -1.38. The van der Waals surface area contributed by atoms with E-state index in [1.807, 2.05) is 20.8 Å². The van der Waals surface area contributed by atoms with E-state index < -0.39 is 4.92 Å². The van der Waals surface area contributed by atoms with Gasteiger partial charge in [0, 0.05) is 31.3 Å². The second-order valence-corrected chi connectivity index (χ2v) is 5.22. The summed E-state index contributed by atoms with van der Waals surface area (Å²) in [4.78, 5) is 14.3. The number of hydrogen-bond acceptors (Lipinski definition) is 3. The van der Waals surface area contributed by atoms with Crippen LogP contribution in [0.2, 0.25) is 0 Å². The van der Waals surface area contributed by atoms with Crippen LogP contribution in [-0.2, 0) is 6.54 Å². The van der Waals surface area contributed by atoms with Crippen molar-refractivity contribution in [3.63, 3.8) is 0 Å². The highest BCUT2D eigenvalue weighted by Crippen LogP contribution is 2.11. The number of nitrogens with one attached hydrogen (secondary N) is 2. The molecule has 0 unspecified atom stereocenters. The molecule has 0 aliphatic rings. The Kier molecular flexibility index (Phi) is 7.48. The van der Waals surface area contributed by atoms with Gasteiger partial charge >= 0.3 is 0 Å². The number of rotatable bonds is 3. The molecule has 0 aromatic heterocycles. The highest BCUT2D eigenvalue weighted by atomic mass is 127. The fourth-order valence-corrected chi connectivity index (χ4v) is 1.46. The van der Waals surface area contributed by atoms with Gasteiger partial charge in [0.25, 0.3) is 5.69 Å². The minimum atomic E-state index is -0.405. The Morgan fingerprint density at radius 3 is 2.25 bits per heavy atom. The Morgan fingerprint density at radius 1 is 1.30 bits per heavy atom. The minimum Gasteiger partial charge on any atom is -0.352 e. The molecule has 0 heterocycles. The molecule has 0 aliphatic carbocycles. The summed E-state index contributed by atoms with van der Waals surface area (Å²) in [7, 11) is 1.71. The molecule has 0 atom stereocenters. The number of aliphatic imine (C=N–C) groups is 1. The van der Waals surface area contributed by atoms with Crippen LogP contribution in [0.4, 0.5) is 5.69 Å². The van der Waals surface area contributed by atoms with Crippen molar-refractivity contribution in [3.05, 3.63) is 39.9 Å². The molecule has 0 radical (unpaired) electrons. The number of benzene rings is 1. The van der Waals surface area contributed by atoms with Crippen molar-refractivity contribution >= 4 is 35.6 Å². The molecule has 7 heteroatoms. The summed E-state index contributed by atoms with van der Waals surface area (Å²) >= 11 is 0. The van der Waals surface area contributed by atoms with Crippen molar-refractivity contribution in [1.82, 2.24) is 10.6 Å². The quantitative estimate of drug-likeness (QED) is 0.273. The van der Waals surface area contributed by atoms with Gasteiger partial charge in [0.15, 0.2) is 5.96 Å². The lowest BCUT2D eigenvalue weighted by Gasteiger charge is -2.23. The highest BCUT2D eigenvalue weighted by Gasteiger charge is 2.11. The first kappa shape index (κ1) is 18.6. The molecule has 112 valence electrons. The van der Waals surface area contributed by atoms with Crippen LogP contribution in [0.5, 0.6) is 0 Å². The molecule has 2 N–H and O–H groups in total. The molecule has 1 aromatic rings. The van der Waals surface area contributed by atoms with Gasteiger partial charge in [-0.05, 0) is 26.3 Å². The predicted octanol–water partition coefficient (Wildman–Crippen LogP) is 2.68. The van der Waals surface area contributed by atoms with Gasteiger partial charge < -0.3 is 10.6 Å². The number of guanidine groups is 1. The lowest BCUT2D eigenvalue weighted by Crippen LogP contribution is -2.47. The van der Waals surface area contributed by atoms with Crippen LogP contribution in [0.25, 0.3) is 0 Å². The monoisotopic (exact) mass is 392 g/mol. The van der Waals surface area contributed by atoms with Crippen LogP contribution in [-0.4, -0.2) is 23.5 Å². The van der Waals surface area contributed by atoms with E-state index in [1.165, 1.54) is 12.1 Å². The smallest absolute Gasteiger partial charge is 0.269 e. The van der Waals surface area contributed by atoms with E-state index in [1.54, 1.807) is 19.2 Å². The number of halogens is 1. The molecular formula is C13H21IN4O2. The maximum atomic E-state index is 10.5. The molecule has 0 spiro atoms. The second-order valence-electron chi connectivity index (χ2n) is 5.22. The van der Waals surface area contributed by atoms with Crippen molar-refractivity contribution in [3.8, 4) is 0 Å². The summed E-state index contributed by atoms with van der Waals surface area (Å²) in [6.07, 6.45) is 0. The topological polar surface area (TPSA) is 79.6 Å². The zero-order valence-corrected chi connectivity index (χ0v) is 14.5. The third-order valence-electron chi connectivity index (χ3n) is 2.32. The number of nitro benzene ring substituents is 1. The van der Waals surface area contributed by atoms with Gasteiger partial charge in [0.1, 0.15) is 0 Å². The van der Waals surface area contributed by atoms with E-state index in [4.69, 9.17) is 0 Å². The first-order valence-electron chi connectivity index (χ1n) is 6.04. The first-order valence-corrected chi connectivity index (χ1v) is 6.04. The SMILES string of the molecule is CN=C(NCc1ccc([N+](=O)[O-])cc1)NC(C)(C)C.I. The molecule has 20 heavy (non-hydrogen) atoms. The standard InChI is InChI=1S/C13H20N4O2.HI/c1-13(2,3)16-12(14-4)15-9-10-5-7-11(8-6-10)17(18)19;/h5-8H,9H2,1-4H3,(H2,14,15,16);1H. The van der Waals surface area contributed by atoms with E-state index in [9.17, 15) is 10.1 Å². The summed E-state index contributed by atoms with van der Waals surface area (Å²) in [5.41, 5.74) is 0.987. The Bertz CT molecular complexity index is 466. The van der Waals surface area contributed by atoms with Gasteiger partial charge in [-0.15, -0.1) is 24.0 Å². The Morgan fingerprint density at radius 2 is 1.85 bits per heavy atom. The molecule has 0 bridgehead atoms. The van der Waals surface area contributed by atoms with Crippen molar-refractivity contribution in [2.24, 2.45) is 4.99 Å². The van der Waals surface area contributed by atoms with Gasteiger partial charge in [-0.2, -0.15) is 0 Å². The normalized spacial score (nSPS) is 11.5. The summed E-state index contributed by atoms with van der Waals surface area (Å²) in [6, 6.07) is 6.46. The fourth-order valence-electron chi connectivity index (χ4n) is 1.46. The molecule has 0 saturated heterocycles. The Labute approximate surface area is 136 Å². The third-order valence-corrected chi connectivity index (χ3v) is 2.32. The molecule has 6 nitrogen and oxygen atoms in total. The molecule has 0 saturated carbocycles. The van der Waals surface area contributed by atoms with E-state index in [-0.39, 0.29) is 35.2 Å². The van der Waals surface area contributed by atoms with Crippen molar-refractivity contribution < 1.29 is 4.92 Å². The lowest BCUT2D eigenvalue weighted by atomic mass is 10.1. The maximum absolute atomic E-state index is 10.5. The van der Waals surface area contributed by atoms with E-state index >= 15 is 0 Å². The van der Waals surface area contributed by atoms with Crippen molar-refractivity contribution in [1.29, 1.82) is 0 Å². The van der Waals surface area contributed by atoms with Gasteiger partial charge in [0.2, 0.25) is 0 Å². The van der Waals surface area contributed by atoms with Gasteiger partial charge in [-0.3, -0.25) is 15.1 Å². The van der Waals surface area contributed by atoms with Crippen molar-refractivity contribution in [2.45, 2.75) is 32.9 Å².